The van der Waals surface area contributed by atoms with Gasteiger partial charge in [0.05, 0.1) is 12.3 Å². The molecule has 1 aromatic heterocycles. The molecule has 0 fully saturated rings. The van der Waals surface area contributed by atoms with Crippen LogP contribution in [0.1, 0.15) is 43.4 Å². The number of rotatable bonds is 9. The van der Waals surface area contributed by atoms with Crippen molar-refractivity contribution in [2.45, 2.75) is 46.6 Å². The van der Waals surface area contributed by atoms with E-state index in [4.69, 9.17) is 9.26 Å². The number of ether oxygens (including phenoxy) is 1. The van der Waals surface area contributed by atoms with Gasteiger partial charge in [-0.3, -0.25) is 4.99 Å². The summed E-state index contributed by atoms with van der Waals surface area (Å²) in [4.78, 5) is 4.30. The second-order valence-corrected chi connectivity index (χ2v) is 5.92. The molecule has 2 rings (SSSR count). The van der Waals surface area contributed by atoms with Gasteiger partial charge in [-0.05, 0) is 37.5 Å². The Bertz CT molecular complexity index is 688. The molecule has 6 heteroatoms. The molecule has 0 aliphatic carbocycles. The summed E-state index contributed by atoms with van der Waals surface area (Å²) in [6.07, 6.45) is 2.60. The highest BCUT2D eigenvalue weighted by Crippen LogP contribution is 2.15. The highest BCUT2D eigenvalue weighted by Gasteiger charge is 2.13. The maximum atomic E-state index is 5.55. The van der Waals surface area contributed by atoms with E-state index in [0.717, 1.165) is 54.5 Å². The Morgan fingerprint density at radius 2 is 2.04 bits per heavy atom. The standard InChI is InChI=1S/C20H30N4O2/c1-5-18-17(19(6-2)26-24-18)14-23-20(21-4)22-12-11-15-9-8-10-16(13-15)25-7-3/h8-10,13H,5-7,11-12,14H2,1-4H3,(H2,21,22,23). The predicted octanol–water partition coefficient (Wildman–Crippen LogP) is 3.11. The van der Waals surface area contributed by atoms with E-state index in [9.17, 15) is 0 Å². The summed E-state index contributed by atoms with van der Waals surface area (Å²) >= 11 is 0. The van der Waals surface area contributed by atoms with Crippen molar-refractivity contribution in [1.29, 1.82) is 0 Å². The van der Waals surface area contributed by atoms with Crippen molar-refractivity contribution in [3.8, 4) is 5.75 Å². The highest BCUT2D eigenvalue weighted by atomic mass is 16.5. The zero-order valence-corrected chi connectivity index (χ0v) is 16.3. The molecule has 0 aliphatic rings. The number of hydrogen-bond acceptors (Lipinski definition) is 4. The third-order valence-corrected chi connectivity index (χ3v) is 4.18. The summed E-state index contributed by atoms with van der Waals surface area (Å²) in [5.74, 6) is 2.63. The molecule has 142 valence electrons. The molecule has 0 bridgehead atoms. The van der Waals surface area contributed by atoms with Gasteiger partial charge in [0.2, 0.25) is 0 Å². The van der Waals surface area contributed by atoms with Gasteiger partial charge in [-0.25, -0.2) is 0 Å². The lowest BCUT2D eigenvalue weighted by Gasteiger charge is -2.12. The van der Waals surface area contributed by atoms with Crippen LogP contribution in [0.2, 0.25) is 0 Å². The van der Waals surface area contributed by atoms with Crippen LogP contribution in [-0.2, 0) is 25.8 Å². The summed E-state index contributed by atoms with van der Waals surface area (Å²) in [5.41, 5.74) is 3.39. The molecule has 2 N–H and O–H groups in total. The van der Waals surface area contributed by atoms with Crippen molar-refractivity contribution in [1.82, 2.24) is 15.8 Å². The molecule has 0 radical (unpaired) electrons. The van der Waals surface area contributed by atoms with Crippen LogP contribution in [0.3, 0.4) is 0 Å². The monoisotopic (exact) mass is 358 g/mol. The number of aryl methyl sites for hydroxylation is 2. The van der Waals surface area contributed by atoms with Gasteiger partial charge in [0, 0.05) is 32.1 Å². The van der Waals surface area contributed by atoms with Crippen LogP contribution in [0.5, 0.6) is 5.75 Å². The minimum Gasteiger partial charge on any atom is -0.494 e. The van der Waals surface area contributed by atoms with Gasteiger partial charge in [-0.2, -0.15) is 0 Å². The highest BCUT2D eigenvalue weighted by molar-refractivity contribution is 5.79. The molecular formula is C20H30N4O2. The predicted molar refractivity (Wildman–Crippen MR) is 105 cm³/mol. The largest absolute Gasteiger partial charge is 0.494 e. The molecule has 0 atom stereocenters. The van der Waals surface area contributed by atoms with E-state index in [0.29, 0.717) is 13.2 Å². The Morgan fingerprint density at radius 3 is 2.73 bits per heavy atom. The Kier molecular flexibility index (Phi) is 7.99. The summed E-state index contributed by atoms with van der Waals surface area (Å²) in [6, 6.07) is 8.20. The number of aliphatic imine (C=N–C) groups is 1. The first kappa shape index (κ1) is 19.8. The van der Waals surface area contributed by atoms with Crippen molar-refractivity contribution in [3.63, 3.8) is 0 Å². The number of benzene rings is 1. The van der Waals surface area contributed by atoms with Gasteiger partial charge in [0.15, 0.2) is 5.96 Å². The molecule has 26 heavy (non-hydrogen) atoms. The summed E-state index contributed by atoms with van der Waals surface area (Å²) < 4.78 is 11.0. The third kappa shape index (κ3) is 5.51. The lowest BCUT2D eigenvalue weighted by Crippen LogP contribution is -2.38. The van der Waals surface area contributed by atoms with E-state index < -0.39 is 0 Å². The molecule has 0 aliphatic heterocycles. The van der Waals surface area contributed by atoms with Gasteiger partial charge in [0.25, 0.3) is 0 Å². The number of guanidine groups is 1. The maximum absolute atomic E-state index is 5.55. The van der Waals surface area contributed by atoms with E-state index in [1.54, 1.807) is 7.05 Å². The van der Waals surface area contributed by atoms with E-state index in [2.05, 4.69) is 46.8 Å². The maximum Gasteiger partial charge on any atom is 0.191 e. The molecule has 1 aromatic carbocycles. The van der Waals surface area contributed by atoms with Crippen molar-refractivity contribution in [2.24, 2.45) is 4.99 Å². The summed E-state index contributed by atoms with van der Waals surface area (Å²) in [5, 5.41) is 10.9. The normalized spacial score (nSPS) is 11.5. The quantitative estimate of drug-likeness (QED) is 0.532. The van der Waals surface area contributed by atoms with Crippen LogP contribution < -0.4 is 15.4 Å². The molecule has 1 heterocycles. The van der Waals surface area contributed by atoms with Crippen LogP contribution in [0, 0.1) is 0 Å². The molecule has 2 aromatic rings. The van der Waals surface area contributed by atoms with Crippen LogP contribution in [0.25, 0.3) is 0 Å². The first-order chi connectivity index (χ1) is 12.7. The number of nitrogens with one attached hydrogen (secondary N) is 2. The van der Waals surface area contributed by atoms with Gasteiger partial charge in [-0.1, -0.05) is 31.1 Å². The van der Waals surface area contributed by atoms with Gasteiger partial charge in [-0.15, -0.1) is 0 Å². The van der Waals surface area contributed by atoms with Crippen molar-refractivity contribution in [2.75, 3.05) is 20.2 Å². The van der Waals surface area contributed by atoms with Crippen molar-refractivity contribution >= 4 is 5.96 Å². The van der Waals surface area contributed by atoms with Crippen LogP contribution in [-0.4, -0.2) is 31.3 Å². The molecule has 0 saturated heterocycles. The van der Waals surface area contributed by atoms with E-state index >= 15 is 0 Å². The molecule has 0 amide bonds. The Hall–Kier alpha value is -2.50. The SMILES string of the molecule is CCOc1cccc(CCNC(=NC)NCc2c(CC)noc2CC)c1. The minimum absolute atomic E-state index is 0.662. The van der Waals surface area contributed by atoms with Crippen LogP contribution >= 0.6 is 0 Å². The topological polar surface area (TPSA) is 71.7 Å². The molecule has 6 nitrogen and oxygen atoms in total. The van der Waals surface area contributed by atoms with E-state index in [-0.39, 0.29) is 0 Å². The fourth-order valence-electron chi connectivity index (χ4n) is 2.81. The van der Waals surface area contributed by atoms with Gasteiger partial charge >= 0.3 is 0 Å². The van der Waals surface area contributed by atoms with E-state index in [1.165, 1.54) is 5.56 Å². The fraction of sp³-hybridized carbons (Fsp3) is 0.500. The lowest BCUT2D eigenvalue weighted by atomic mass is 10.1. The van der Waals surface area contributed by atoms with Gasteiger partial charge < -0.3 is 19.9 Å². The summed E-state index contributed by atoms with van der Waals surface area (Å²) in [7, 11) is 1.78. The number of aromatic nitrogens is 1. The first-order valence-corrected chi connectivity index (χ1v) is 9.34. The average Bonchev–Trinajstić information content (AvgIpc) is 3.07. The number of nitrogens with zero attached hydrogens (tertiary/aromatic N) is 2. The smallest absolute Gasteiger partial charge is 0.191 e. The van der Waals surface area contributed by atoms with Crippen molar-refractivity contribution < 1.29 is 9.26 Å². The van der Waals surface area contributed by atoms with Crippen molar-refractivity contribution in [3.05, 3.63) is 46.8 Å². The second-order valence-electron chi connectivity index (χ2n) is 5.92. The molecule has 0 spiro atoms. The second kappa shape index (κ2) is 10.5. The first-order valence-electron chi connectivity index (χ1n) is 9.34. The van der Waals surface area contributed by atoms with Gasteiger partial charge in [0.1, 0.15) is 11.5 Å². The minimum atomic E-state index is 0.662. The lowest BCUT2D eigenvalue weighted by molar-refractivity contribution is 0.340. The third-order valence-electron chi connectivity index (χ3n) is 4.18. The zero-order chi connectivity index (χ0) is 18.8. The Balaban J connectivity index is 1.85. The van der Waals surface area contributed by atoms with E-state index in [1.807, 2.05) is 19.1 Å². The van der Waals surface area contributed by atoms with Crippen LogP contribution in [0.15, 0.2) is 33.8 Å². The molecule has 0 saturated carbocycles. The molecule has 0 unspecified atom stereocenters. The fourth-order valence-corrected chi connectivity index (χ4v) is 2.81. The van der Waals surface area contributed by atoms with Crippen LogP contribution in [0.4, 0.5) is 0 Å². The summed E-state index contributed by atoms with van der Waals surface area (Å²) in [6.45, 7) is 8.29. The number of hydrogen-bond donors (Lipinski definition) is 2. The molecular weight excluding hydrogens is 328 g/mol. The average molecular weight is 358 g/mol. The Morgan fingerprint density at radius 1 is 1.19 bits per heavy atom. The zero-order valence-electron chi connectivity index (χ0n) is 16.3. The Labute approximate surface area is 156 Å².